The van der Waals surface area contributed by atoms with Gasteiger partial charge in [0.25, 0.3) is 5.91 Å². The Hall–Kier alpha value is -0.900. The van der Waals surface area contributed by atoms with E-state index in [-0.39, 0.29) is 5.91 Å². The third kappa shape index (κ3) is 3.04. The molecule has 1 N–H and O–H groups in total. The maximum atomic E-state index is 11.8. The van der Waals surface area contributed by atoms with E-state index < -0.39 is 0 Å². The normalized spacial score (nSPS) is 25.1. The van der Waals surface area contributed by atoms with Crippen molar-refractivity contribution < 1.29 is 4.79 Å². The van der Waals surface area contributed by atoms with Crippen LogP contribution in [-0.2, 0) is 0 Å². The highest BCUT2D eigenvalue weighted by Crippen LogP contribution is 2.24. The second kappa shape index (κ2) is 5.43. The topological polar surface area (TPSA) is 42.0 Å². The molecular weight excluding hydrogens is 268 g/mol. The van der Waals surface area contributed by atoms with Crippen LogP contribution in [0.3, 0.4) is 0 Å². The highest BCUT2D eigenvalue weighted by Gasteiger charge is 2.20. The molecular formula is C12H15BrN2O. The van der Waals surface area contributed by atoms with Crippen LogP contribution in [0.1, 0.15) is 36.0 Å². The van der Waals surface area contributed by atoms with Crippen LogP contribution in [0.15, 0.2) is 24.5 Å². The van der Waals surface area contributed by atoms with Crippen molar-refractivity contribution >= 4 is 21.8 Å². The number of amides is 1. The first-order chi connectivity index (χ1) is 7.75. The molecule has 86 valence electrons. The van der Waals surface area contributed by atoms with E-state index in [1.165, 1.54) is 0 Å². The zero-order valence-electron chi connectivity index (χ0n) is 9.03. The van der Waals surface area contributed by atoms with Gasteiger partial charge in [0.05, 0.1) is 0 Å². The van der Waals surface area contributed by atoms with Crippen molar-refractivity contribution in [2.24, 2.45) is 0 Å². The lowest BCUT2D eigenvalue weighted by atomic mass is 9.95. The first kappa shape index (κ1) is 11.6. The number of pyridine rings is 1. The minimum atomic E-state index is 0.0143. The van der Waals surface area contributed by atoms with Crippen LogP contribution in [0, 0.1) is 0 Å². The maximum Gasteiger partial charge on any atom is 0.251 e. The number of halogens is 1. The van der Waals surface area contributed by atoms with E-state index in [1.807, 2.05) is 0 Å². The summed E-state index contributed by atoms with van der Waals surface area (Å²) >= 11 is 3.61. The standard InChI is InChI=1S/C12H15BrN2O/c13-10-1-3-11(4-2-10)15-12(16)9-5-7-14-8-6-9/h5-8,10-11H,1-4H2,(H,15,16). The largest absolute Gasteiger partial charge is 0.349 e. The lowest BCUT2D eigenvalue weighted by Crippen LogP contribution is -2.37. The van der Waals surface area contributed by atoms with E-state index in [9.17, 15) is 4.79 Å². The van der Waals surface area contributed by atoms with E-state index in [2.05, 4.69) is 26.2 Å². The molecule has 16 heavy (non-hydrogen) atoms. The maximum absolute atomic E-state index is 11.8. The van der Waals surface area contributed by atoms with E-state index in [1.54, 1.807) is 24.5 Å². The van der Waals surface area contributed by atoms with Crippen molar-refractivity contribution in [2.75, 3.05) is 0 Å². The van der Waals surface area contributed by atoms with E-state index in [0.717, 1.165) is 25.7 Å². The Morgan fingerprint density at radius 2 is 1.88 bits per heavy atom. The van der Waals surface area contributed by atoms with Crippen molar-refractivity contribution in [2.45, 2.75) is 36.6 Å². The Kier molecular flexibility index (Phi) is 3.93. The van der Waals surface area contributed by atoms with Gasteiger partial charge in [0.15, 0.2) is 0 Å². The van der Waals surface area contributed by atoms with Crippen molar-refractivity contribution in [3.63, 3.8) is 0 Å². The minimum absolute atomic E-state index is 0.0143. The quantitative estimate of drug-likeness (QED) is 0.847. The Bertz CT molecular complexity index is 347. The lowest BCUT2D eigenvalue weighted by molar-refractivity contribution is 0.0928. The Labute approximate surface area is 104 Å². The fraction of sp³-hybridized carbons (Fsp3) is 0.500. The Morgan fingerprint density at radius 1 is 1.25 bits per heavy atom. The average Bonchev–Trinajstić information content (AvgIpc) is 2.33. The summed E-state index contributed by atoms with van der Waals surface area (Å²) in [6.45, 7) is 0. The van der Waals surface area contributed by atoms with Gasteiger partial charge in [-0.2, -0.15) is 0 Å². The zero-order chi connectivity index (χ0) is 11.4. The molecule has 1 aliphatic carbocycles. The van der Waals surface area contributed by atoms with Gasteiger partial charge in [0, 0.05) is 28.8 Å². The molecule has 3 nitrogen and oxygen atoms in total. The van der Waals surface area contributed by atoms with Crippen LogP contribution in [0.2, 0.25) is 0 Å². The second-order valence-electron chi connectivity index (χ2n) is 4.16. The molecule has 2 rings (SSSR count). The van der Waals surface area contributed by atoms with E-state index >= 15 is 0 Å². The number of carbonyl (C=O) groups is 1. The predicted molar refractivity (Wildman–Crippen MR) is 66.7 cm³/mol. The van der Waals surface area contributed by atoms with Crippen molar-refractivity contribution in [3.8, 4) is 0 Å². The highest BCUT2D eigenvalue weighted by atomic mass is 79.9. The van der Waals surface area contributed by atoms with Gasteiger partial charge in [0.2, 0.25) is 0 Å². The van der Waals surface area contributed by atoms with Gasteiger partial charge >= 0.3 is 0 Å². The fourth-order valence-electron chi connectivity index (χ4n) is 1.97. The van der Waals surface area contributed by atoms with Crippen LogP contribution in [0.25, 0.3) is 0 Å². The van der Waals surface area contributed by atoms with E-state index in [4.69, 9.17) is 0 Å². The smallest absolute Gasteiger partial charge is 0.251 e. The summed E-state index contributed by atoms with van der Waals surface area (Å²) < 4.78 is 0. The number of hydrogen-bond acceptors (Lipinski definition) is 2. The molecule has 0 radical (unpaired) electrons. The Balaban J connectivity index is 1.88. The van der Waals surface area contributed by atoms with Crippen molar-refractivity contribution in [1.29, 1.82) is 0 Å². The van der Waals surface area contributed by atoms with Crippen LogP contribution >= 0.6 is 15.9 Å². The van der Waals surface area contributed by atoms with Crippen LogP contribution in [0.5, 0.6) is 0 Å². The minimum Gasteiger partial charge on any atom is -0.349 e. The van der Waals surface area contributed by atoms with Crippen LogP contribution in [-0.4, -0.2) is 21.8 Å². The second-order valence-corrected chi connectivity index (χ2v) is 5.45. The summed E-state index contributed by atoms with van der Waals surface area (Å²) in [7, 11) is 0. The molecule has 0 aliphatic heterocycles. The molecule has 1 aliphatic rings. The first-order valence-electron chi connectivity index (χ1n) is 5.60. The van der Waals surface area contributed by atoms with Crippen molar-refractivity contribution in [3.05, 3.63) is 30.1 Å². The van der Waals surface area contributed by atoms with Gasteiger partial charge in [-0.3, -0.25) is 9.78 Å². The first-order valence-corrected chi connectivity index (χ1v) is 6.52. The molecule has 0 bridgehead atoms. The van der Waals surface area contributed by atoms with E-state index in [0.29, 0.717) is 16.4 Å². The number of hydrogen-bond donors (Lipinski definition) is 1. The summed E-state index contributed by atoms with van der Waals surface area (Å²) in [6, 6.07) is 3.81. The molecule has 4 heteroatoms. The number of alkyl halides is 1. The summed E-state index contributed by atoms with van der Waals surface area (Å²) in [5.74, 6) is 0.0143. The number of aromatic nitrogens is 1. The van der Waals surface area contributed by atoms with Gasteiger partial charge in [-0.25, -0.2) is 0 Å². The number of carbonyl (C=O) groups excluding carboxylic acids is 1. The summed E-state index contributed by atoms with van der Waals surface area (Å²) in [5, 5.41) is 3.07. The summed E-state index contributed by atoms with van der Waals surface area (Å²) in [6.07, 6.45) is 7.69. The van der Waals surface area contributed by atoms with Gasteiger partial charge < -0.3 is 5.32 Å². The number of nitrogens with one attached hydrogen (secondary N) is 1. The van der Waals surface area contributed by atoms with Crippen molar-refractivity contribution in [1.82, 2.24) is 10.3 Å². The number of rotatable bonds is 2. The van der Waals surface area contributed by atoms with Gasteiger partial charge in [0.1, 0.15) is 0 Å². The molecule has 1 aromatic rings. The van der Waals surface area contributed by atoms with Crippen LogP contribution in [0.4, 0.5) is 0 Å². The third-order valence-electron chi connectivity index (χ3n) is 2.93. The molecule has 0 spiro atoms. The van der Waals surface area contributed by atoms with Gasteiger partial charge in [-0.05, 0) is 37.8 Å². The molecule has 1 aromatic heterocycles. The third-order valence-corrected chi connectivity index (χ3v) is 3.85. The van der Waals surface area contributed by atoms with Crippen LogP contribution < -0.4 is 5.32 Å². The molecule has 0 aromatic carbocycles. The molecule has 1 heterocycles. The fourth-order valence-corrected chi connectivity index (χ4v) is 2.50. The zero-order valence-corrected chi connectivity index (χ0v) is 10.6. The average molecular weight is 283 g/mol. The predicted octanol–water partition coefficient (Wildman–Crippen LogP) is 2.52. The monoisotopic (exact) mass is 282 g/mol. The molecule has 0 atom stereocenters. The summed E-state index contributed by atoms with van der Waals surface area (Å²) in [4.78, 5) is 16.4. The van der Waals surface area contributed by atoms with Gasteiger partial charge in [-0.1, -0.05) is 15.9 Å². The molecule has 1 amide bonds. The van der Waals surface area contributed by atoms with Gasteiger partial charge in [-0.15, -0.1) is 0 Å². The SMILES string of the molecule is O=C(NC1CCC(Br)CC1)c1ccncc1. The molecule has 1 saturated carbocycles. The lowest BCUT2D eigenvalue weighted by Gasteiger charge is -2.25. The summed E-state index contributed by atoms with van der Waals surface area (Å²) in [5.41, 5.74) is 0.691. The molecule has 1 fully saturated rings. The molecule has 0 unspecified atom stereocenters. The highest BCUT2D eigenvalue weighted by molar-refractivity contribution is 9.09. The molecule has 0 saturated heterocycles. The number of nitrogens with zero attached hydrogens (tertiary/aromatic N) is 1. The Morgan fingerprint density at radius 3 is 2.50 bits per heavy atom.